The van der Waals surface area contributed by atoms with Gasteiger partial charge in [0.15, 0.2) is 11.4 Å². The van der Waals surface area contributed by atoms with E-state index in [1.807, 2.05) is 6.92 Å². The quantitative estimate of drug-likeness (QED) is 0.388. The van der Waals surface area contributed by atoms with Crippen LogP contribution in [-0.2, 0) is 21.5 Å². The van der Waals surface area contributed by atoms with Crippen molar-refractivity contribution in [2.75, 3.05) is 0 Å². The highest BCUT2D eigenvalue weighted by Gasteiger charge is 2.36. The van der Waals surface area contributed by atoms with Gasteiger partial charge in [0.1, 0.15) is 6.10 Å². The lowest BCUT2D eigenvalue weighted by atomic mass is 10.0. The maximum atomic E-state index is 12.7. The molecule has 0 amide bonds. The van der Waals surface area contributed by atoms with Crippen molar-refractivity contribution in [3.63, 3.8) is 0 Å². The third-order valence-corrected chi connectivity index (χ3v) is 4.55. The average Bonchev–Trinajstić information content (AvgIpc) is 3.09. The van der Waals surface area contributed by atoms with Crippen molar-refractivity contribution >= 4 is 5.97 Å². The van der Waals surface area contributed by atoms with E-state index in [0.29, 0.717) is 12.2 Å². The molecular formula is C19H36N4O2. The van der Waals surface area contributed by atoms with E-state index >= 15 is 0 Å². The average molecular weight is 353 g/mol. The molecule has 1 atom stereocenters. The van der Waals surface area contributed by atoms with Crippen molar-refractivity contribution in [2.24, 2.45) is 0 Å². The molecule has 0 saturated carbocycles. The molecule has 0 N–H and O–H groups in total. The molecule has 6 nitrogen and oxygen atoms in total. The number of ether oxygens (including phenoxy) is 1. The van der Waals surface area contributed by atoms with Crippen LogP contribution in [0.4, 0.5) is 0 Å². The first-order valence-corrected chi connectivity index (χ1v) is 9.96. The van der Waals surface area contributed by atoms with Crippen LogP contribution in [-0.4, -0.2) is 32.3 Å². The number of unbranched alkanes of at least 4 members (excludes halogenated alkanes) is 5. The molecule has 0 aliphatic heterocycles. The molecule has 0 aromatic carbocycles. The van der Waals surface area contributed by atoms with Crippen molar-refractivity contribution in [1.29, 1.82) is 0 Å². The summed E-state index contributed by atoms with van der Waals surface area (Å²) in [6.45, 7) is 9.92. The third kappa shape index (κ3) is 7.12. The van der Waals surface area contributed by atoms with Gasteiger partial charge in [-0.25, -0.2) is 4.79 Å². The van der Waals surface area contributed by atoms with E-state index < -0.39 is 5.54 Å². The molecule has 0 fully saturated rings. The lowest BCUT2D eigenvalue weighted by Gasteiger charge is -2.25. The molecule has 1 unspecified atom stereocenters. The Morgan fingerprint density at radius 2 is 1.68 bits per heavy atom. The Morgan fingerprint density at radius 1 is 1.04 bits per heavy atom. The van der Waals surface area contributed by atoms with Crippen LogP contribution in [0.5, 0.6) is 0 Å². The van der Waals surface area contributed by atoms with Crippen molar-refractivity contribution in [3.05, 3.63) is 5.82 Å². The van der Waals surface area contributed by atoms with Gasteiger partial charge in [0.25, 0.3) is 0 Å². The lowest BCUT2D eigenvalue weighted by Crippen LogP contribution is -2.41. The molecule has 1 aromatic rings. The topological polar surface area (TPSA) is 69.9 Å². The zero-order valence-corrected chi connectivity index (χ0v) is 16.8. The van der Waals surface area contributed by atoms with E-state index in [-0.39, 0.29) is 12.1 Å². The fourth-order valence-corrected chi connectivity index (χ4v) is 2.67. The van der Waals surface area contributed by atoms with Gasteiger partial charge in [-0.1, -0.05) is 59.3 Å². The number of aryl methyl sites for hydroxylation is 1. The molecule has 0 aliphatic rings. The Labute approximate surface area is 152 Å². The minimum absolute atomic E-state index is 0.0116. The summed E-state index contributed by atoms with van der Waals surface area (Å²) in [5.41, 5.74) is -0.937. The summed E-state index contributed by atoms with van der Waals surface area (Å²) < 4.78 is 5.85. The van der Waals surface area contributed by atoms with Crippen LogP contribution in [0.2, 0.25) is 0 Å². The van der Waals surface area contributed by atoms with Gasteiger partial charge in [0.2, 0.25) is 0 Å². The van der Waals surface area contributed by atoms with E-state index in [0.717, 1.165) is 32.1 Å². The van der Waals surface area contributed by atoms with E-state index in [1.165, 1.54) is 30.5 Å². The molecule has 0 saturated heterocycles. The molecular weight excluding hydrogens is 316 g/mol. The van der Waals surface area contributed by atoms with E-state index in [1.54, 1.807) is 13.8 Å². The summed E-state index contributed by atoms with van der Waals surface area (Å²) >= 11 is 0. The van der Waals surface area contributed by atoms with Crippen LogP contribution in [0.3, 0.4) is 0 Å². The van der Waals surface area contributed by atoms with Crippen LogP contribution in [0.1, 0.15) is 98.2 Å². The molecule has 1 rings (SSSR count). The van der Waals surface area contributed by atoms with Crippen molar-refractivity contribution in [1.82, 2.24) is 20.2 Å². The summed E-state index contributed by atoms with van der Waals surface area (Å²) in [4.78, 5) is 14.1. The van der Waals surface area contributed by atoms with Gasteiger partial charge in [-0.2, -0.15) is 0 Å². The minimum Gasteiger partial charge on any atom is -0.461 e. The first-order chi connectivity index (χ1) is 12.0. The molecule has 25 heavy (non-hydrogen) atoms. The third-order valence-electron chi connectivity index (χ3n) is 4.55. The second-order valence-electron chi connectivity index (χ2n) is 7.28. The summed E-state index contributed by atoms with van der Waals surface area (Å²) in [6, 6.07) is 0. The number of hydrogen-bond acceptors (Lipinski definition) is 5. The molecule has 0 aliphatic carbocycles. The zero-order chi connectivity index (χ0) is 18.7. The van der Waals surface area contributed by atoms with E-state index in [4.69, 9.17) is 4.74 Å². The Kier molecular flexibility index (Phi) is 9.68. The lowest BCUT2D eigenvalue weighted by molar-refractivity contribution is -0.160. The highest BCUT2D eigenvalue weighted by Crippen LogP contribution is 2.20. The first kappa shape index (κ1) is 21.6. The van der Waals surface area contributed by atoms with E-state index in [9.17, 15) is 4.79 Å². The number of carbonyl (C=O) groups is 1. The molecule has 6 heteroatoms. The molecule has 1 aromatic heterocycles. The van der Waals surface area contributed by atoms with Gasteiger partial charge in [-0.15, -0.1) is 15.0 Å². The van der Waals surface area contributed by atoms with Crippen molar-refractivity contribution < 1.29 is 9.53 Å². The van der Waals surface area contributed by atoms with Crippen LogP contribution in [0.15, 0.2) is 0 Å². The number of nitrogens with zero attached hydrogens (tertiary/aromatic N) is 4. The second-order valence-corrected chi connectivity index (χ2v) is 7.28. The predicted molar refractivity (Wildman–Crippen MR) is 99.3 cm³/mol. The normalized spacial score (nSPS) is 13.0. The van der Waals surface area contributed by atoms with Gasteiger partial charge in [0, 0.05) is 6.42 Å². The monoisotopic (exact) mass is 352 g/mol. The molecule has 0 spiro atoms. The fraction of sp³-hybridized carbons (Fsp3) is 0.895. The van der Waals surface area contributed by atoms with Gasteiger partial charge in [-0.05, 0) is 38.3 Å². The van der Waals surface area contributed by atoms with E-state index in [2.05, 4.69) is 29.3 Å². The number of esters is 1. The number of aromatic nitrogens is 4. The molecule has 144 valence electrons. The fourth-order valence-electron chi connectivity index (χ4n) is 2.67. The number of hydrogen-bond donors (Lipinski definition) is 0. The maximum Gasteiger partial charge on any atom is 0.335 e. The summed E-state index contributed by atoms with van der Waals surface area (Å²) in [7, 11) is 0. The smallest absolute Gasteiger partial charge is 0.335 e. The highest BCUT2D eigenvalue weighted by molar-refractivity contribution is 5.77. The SMILES string of the molecule is CCCCCCCC(CCCC)OC(=O)C(C)(C)n1nnc(CC)n1. The first-order valence-electron chi connectivity index (χ1n) is 9.96. The Hall–Kier alpha value is -1.46. The minimum atomic E-state index is -0.937. The Balaban J connectivity index is 2.61. The number of tetrazole rings is 1. The van der Waals surface area contributed by atoms with Crippen LogP contribution in [0, 0.1) is 0 Å². The van der Waals surface area contributed by atoms with Gasteiger partial charge in [0.05, 0.1) is 0 Å². The Bertz CT molecular complexity index is 499. The molecule has 0 bridgehead atoms. The van der Waals surface area contributed by atoms with Gasteiger partial charge in [-0.3, -0.25) is 0 Å². The molecule has 1 heterocycles. The maximum absolute atomic E-state index is 12.7. The highest BCUT2D eigenvalue weighted by atomic mass is 16.5. The van der Waals surface area contributed by atoms with Crippen molar-refractivity contribution in [2.45, 2.75) is 110 Å². The molecule has 0 radical (unpaired) electrons. The number of rotatable bonds is 13. The number of carbonyl (C=O) groups excluding carboxylic acids is 1. The van der Waals surface area contributed by atoms with Crippen LogP contribution < -0.4 is 0 Å². The van der Waals surface area contributed by atoms with Crippen LogP contribution in [0.25, 0.3) is 0 Å². The largest absolute Gasteiger partial charge is 0.461 e. The zero-order valence-electron chi connectivity index (χ0n) is 16.8. The summed E-state index contributed by atoms with van der Waals surface area (Å²) in [6.07, 6.45) is 10.9. The standard InChI is InChI=1S/C19H36N4O2/c1-6-9-11-12-13-15-16(14-10-7-2)25-18(24)19(4,5)23-21-17(8-3)20-22-23/h16H,6-15H2,1-5H3. The second kappa shape index (κ2) is 11.2. The van der Waals surface area contributed by atoms with Gasteiger partial charge < -0.3 is 4.74 Å². The van der Waals surface area contributed by atoms with Crippen LogP contribution >= 0.6 is 0 Å². The summed E-state index contributed by atoms with van der Waals surface area (Å²) in [5, 5.41) is 12.3. The van der Waals surface area contributed by atoms with Crippen molar-refractivity contribution in [3.8, 4) is 0 Å². The van der Waals surface area contributed by atoms with Gasteiger partial charge >= 0.3 is 5.97 Å². The Morgan fingerprint density at radius 3 is 2.28 bits per heavy atom. The predicted octanol–water partition coefficient (Wildman–Crippen LogP) is 4.43. The summed E-state index contributed by atoms with van der Waals surface area (Å²) in [5.74, 6) is 0.363.